The summed E-state index contributed by atoms with van der Waals surface area (Å²) in [5, 5.41) is 7.02. The Bertz CT molecular complexity index is 420. The lowest BCUT2D eigenvalue weighted by Gasteiger charge is -2.38. The van der Waals surface area contributed by atoms with E-state index in [4.69, 9.17) is 0 Å². The van der Waals surface area contributed by atoms with E-state index in [0.717, 1.165) is 26.2 Å². The van der Waals surface area contributed by atoms with Gasteiger partial charge < -0.3 is 15.5 Å². The number of hydrogen-bond acceptors (Lipinski definition) is 3. The van der Waals surface area contributed by atoms with Crippen LogP contribution < -0.4 is 15.5 Å². The summed E-state index contributed by atoms with van der Waals surface area (Å²) < 4.78 is 0. The first kappa shape index (κ1) is 12.0. The fourth-order valence-corrected chi connectivity index (χ4v) is 3.20. The molecule has 1 fully saturated rings. The molecule has 3 rings (SSSR count). The normalized spacial score (nSPS) is 28.0. The molecule has 1 aromatic carbocycles. The first-order chi connectivity index (χ1) is 8.72. The minimum Gasteiger partial charge on any atom is -0.368 e. The molecule has 1 aromatic rings. The maximum atomic E-state index is 3.59. The highest BCUT2D eigenvalue weighted by atomic mass is 15.2. The van der Waals surface area contributed by atoms with E-state index >= 15 is 0 Å². The van der Waals surface area contributed by atoms with E-state index < -0.39 is 0 Å². The van der Waals surface area contributed by atoms with E-state index in [2.05, 4.69) is 47.6 Å². The average Bonchev–Trinajstić information content (AvgIpc) is 2.37. The Balaban J connectivity index is 1.83. The predicted molar refractivity (Wildman–Crippen MR) is 76.1 cm³/mol. The highest BCUT2D eigenvalue weighted by Crippen LogP contribution is 2.23. The number of nitrogens with one attached hydrogen (secondary N) is 2. The van der Waals surface area contributed by atoms with Gasteiger partial charge in [-0.05, 0) is 50.1 Å². The molecule has 0 radical (unpaired) electrons. The smallest absolute Gasteiger partial charge is 0.0370 e. The monoisotopic (exact) mass is 245 g/mol. The van der Waals surface area contributed by atoms with Crippen LogP contribution in [0.3, 0.4) is 0 Å². The molecule has 2 atom stereocenters. The van der Waals surface area contributed by atoms with Crippen molar-refractivity contribution in [2.24, 2.45) is 0 Å². The van der Waals surface area contributed by atoms with Crippen molar-refractivity contribution in [3.8, 4) is 0 Å². The molecule has 2 heterocycles. The summed E-state index contributed by atoms with van der Waals surface area (Å²) in [6.45, 7) is 8.91. The molecular formula is C15H23N3. The zero-order valence-corrected chi connectivity index (χ0v) is 11.4. The van der Waals surface area contributed by atoms with Crippen LogP contribution in [-0.2, 0) is 13.0 Å². The number of hydrogen-bond donors (Lipinski definition) is 2. The van der Waals surface area contributed by atoms with E-state index in [9.17, 15) is 0 Å². The Morgan fingerprint density at radius 3 is 2.67 bits per heavy atom. The lowest BCUT2D eigenvalue weighted by molar-refractivity contribution is 0.407. The molecule has 0 bridgehead atoms. The standard InChI is InChI=1S/C15H23N3/c1-11-9-18(10-12(2)17-11)15-4-3-14-8-16-6-5-13(14)7-15/h3-4,7,11-12,16-17H,5-6,8-10H2,1-2H3/t11-,12+. The van der Waals surface area contributed by atoms with Crippen molar-refractivity contribution in [2.75, 3.05) is 24.5 Å². The minimum absolute atomic E-state index is 0.575. The topological polar surface area (TPSA) is 27.3 Å². The van der Waals surface area contributed by atoms with Crippen molar-refractivity contribution < 1.29 is 0 Å². The largest absolute Gasteiger partial charge is 0.368 e. The Morgan fingerprint density at radius 2 is 1.89 bits per heavy atom. The van der Waals surface area contributed by atoms with Crippen LogP contribution >= 0.6 is 0 Å². The van der Waals surface area contributed by atoms with Crippen LogP contribution in [0.2, 0.25) is 0 Å². The molecule has 3 nitrogen and oxygen atoms in total. The van der Waals surface area contributed by atoms with Crippen molar-refractivity contribution in [1.29, 1.82) is 0 Å². The zero-order valence-electron chi connectivity index (χ0n) is 11.4. The van der Waals surface area contributed by atoms with Gasteiger partial charge in [0.05, 0.1) is 0 Å². The summed E-state index contributed by atoms with van der Waals surface area (Å²) in [5.41, 5.74) is 4.40. The second-order valence-electron chi connectivity index (χ2n) is 5.75. The number of nitrogens with zero attached hydrogens (tertiary/aromatic N) is 1. The number of anilines is 1. The molecule has 2 aliphatic heterocycles. The first-order valence-corrected chi connectivity index (χ1v) is 7.06. The molecule has 2 N–H and O–H groups in total. The van der Waals surface area contributed by atoms with Gasteiger partial charge in [-0.25, -0.2) is 0 Å². The van der Waals surface area contributed by atoms with Crippen LogP contribution in [0.15, 0.2) is 18.2 Å². The quantitative estimate of drug-likeness (QED) is 0.785. The van der Waals surface area contributed by atoms with Gasteiger partial charge in [0.1, 0.15) is 0 Å². The summed E-state index contributed by atoms with van der Waals surface area (Å²) in [7, 11) is 0. The summed E-state index contributed by atoms with van der Waals surface area (Å²) in [6.07, 6.45) is 1.17. The van der Waals surface area contributed by atoms with Crippen molar-refractivity contribution in [3.63, 3.8) is 0 Å². The lowest BCUT2D eigenvalue weighted by atomic mass is 9.99. The SMILES string of the molecule is C[C@@H]1CN(c2ccc3c(c2)CCNC3)C[C@H](C)N1. The molecule has 1 saturated heterocycles. The van der Waals surface area contributed by atoms with Crippen LogP contribution in [0.1, 0.15) is 25.0 Å². The Kier molecular flexibility index (Phi) is 3.27. The number of fused-ring (bicyclic) bond motifs is 1. The van der Waals surface area contributed by atoms with Gasteiger partial charge in [0.2, 0.25) is 0 Å². The molecule has 0 amide bonds. The summed E-state index contributed by atoms with van der Waals surface area (Å²) in [5.74, 6) is 0. The molecule has 2 aliphatic rings. The second-order valence-corrected chi connectivity index (χ2v) is 5.75. The van der Waals surface area contributed by atoms with Gasteiger partial charge in [-0.2, -0.15) is 0 Å². The van der Waals surface area contributed by atoms with Crippen LogP contribution in [0.5, 0.6) is 0 Å². The fraction of sp³-hybridized carbons (Fsp3) is 0.600. The molecule has 0 unspecified atom stereocenters. The van der Waals surface area contributed by atoms with Gasteiger partial charge in [-0.3, -0.25) is 0 Å². The van der Waals surface area contributed by atoms with Crippen LogP contribution in [0.4, 0.5) is 5.69 Å². The predicted octanol–water partition coefficient (Wildman–Crippen LogP) is 1.52. The molecule has 0 aromatic heterocycles. The third kappa shape index (κ3) is 2.38. The second kappa shape index (κ2) is 4.90. The van der Waals surface area contributed by atoms with Crippen molar-refractivity contribution >= 4 is 5.69 Å². The van der Waals surface area contributed by atoms with E-state index in [-0.39, 0.29) is 0 Å². The minimum atomic E-state index is 0.575. The van der Waals surface area contributed by atoms with E-state index in [1.807, 2.05) is 0 Å². The molecule has 0 saturated carbocycles. The highest BCUT2D eigenvalue weighted by molar-refractivity contribution is 5.52. The van der Waals surface area contributed by atoms with Crippen molar-refractivity contribution in [3.05, 3.63) is 29.3 Å². The summed E-state index contributed by atoms with van der Waals surface area (Å²) in [4.78, 5) is 2.52. The van der Waals surface area contributed by atoms with Crippen molar-refractivity contribution in [1.82, 2.24) is 10.6 Å². The maximum Gasteiger partial charge on any atom is 0.0370 e. The fourth-order valence-electron chi connectivity index (χ4n) is 3.20. The van der Waals surface area contributed by atoms with E-state index in [1.54, 1.807) is 0 Å². The summed E-state index contributed by atoms with van der Waals surface area (Å²) >= 11 is 0. The molecule has 98 valence electrons. The maximum absolute atomic E-state index is 3.59. The van der Waals surface area contributed by atoms with Gasteiger partial charge in [-0.1, -0.05) is 6.07 Å². The van der Waals surface area contributed by atoms with Crippen LogP contribution in [0.25, 0.3) is 0 Å². The van der Waals surface area contributed by atoms with Gasteiger partial charge >= 0.3 is 0 Å². The van der Waals surface area contributed by atoms with E-state index in [1.165, 1.54) is 23.2 Å². The molecular weight excluding hydrogens is 222 g/mol. The number of benzene rings is 1. The lowest BCUT2D eigenvalue weighted by Crippen LogP contribution is -2.54. The van der Waals surface area contributed by atoms with E-state index in [0.29, 0.717) is 12.1 Å². The molecule has 3 heteroatoms. The van der Waals surface area contributed by atoms with Gasteiger partial charge in [0, 0.05) is 37.4 Å². The Hall–Kier alpha value is -1.06. The summed E-state index contributed by atoms with van der Waals surface area (Å²) in [6, 6.07) is 8.14. The molecule has 0 aliphatic carbocycles. The molecule has 18 heavy (non-hydrogen) atoms. The Labute approximate surface area is 110 Å². The van der Waals surface area contributed by atoms with Gasteiger partial charge in [0.25, 0.3) is 0 Å². The number of rotatable bonds is 1. The molecule has 0 spiro atoms. The zero-order chi connectivity index (χ0) is 12.5. The van der Waals surface area contributed by atoms with Gasteiger partial charge in [-0.15, -0.1) is 0 Å². The first-order valence-electron chi connectivity index (χ1n) is 7.06. The Morgan fingerprint density at radius 1 is 1.11 bits per heavy atom. The third-order valence-corrected chi connectivity index (χ3v) is 4.00. The van der Waals surface area contributed by atoms with Crippen molar-refractivity contribution in [2.45, 2.75) is 38.9 Å². The average molecular weight is 245 g/mol. The third-order valence-electron chi connectivity index (χ3n) is 4.00. The van der Waals surface area contributed by atoms with Gasteiger partial charge in [0.15, 0.2) is 0 Å². The highest BCUT2D eigenvalue weighted by Gasteiger charge is 2.21. The van der Waals surface area contributed by atoms with Crippen LogP contribution in [-0.4, -0.2) is 31.7 Å². The van der Waals surface area contributed by atoms with Crippen LogP contribution in [0, 0.1) is 0 Å². The number of piperazine rings is 1.